The van der Waals surface area contributed by atoms with Gasteiger partial charge >= 0.3 is 0 Å². The Labute approximate surface area is 74.3 Å². The molecule has 1 unspecified atom stereocenters. The van der Waals surface area contributed by atoms with Gasteiger partial charge in [0.2, 0.25) is 0 Å². The Hall–Kier alpha value is 0.170. The second kappa shape index (κ2) is 6.85. The van der Waals surface area contributed by atoms with Crippen molar-refractivity contribution in [2.45, 2.75) is 25.9 Å². The number of hydrogen-bond acceptors (Lipinski definition) is 3. The molecule has 0 spiro atoms. The predicted octanol–water partition coefficient (Wildman–Crippen LogP) is 0.545. The van der Waals surface area contributed by atoms with Gasteiger partial charge in [-0.1, -0.05) is 6.92 Å². The lowest BCUT2D eigenvalue weighted by atomic mass is 10.1. The molecule has 0 aliphatic carbocycles. The van der Waals surface area contributed by atoms with Crippen LogP contribution in [0.5, 0.6) is 0 Å². The molecule has 0 rings (SSSR count). The van der Waals surface area contributed by atoms with Crippen LogP contribution in [0.3, 0.4) is 0 Å². The number of ether oxygens (including phenoxy) is 1. The molecule has 0 saturated heterocycles. The lowest BCUT2D eigenvalue weighted by Crippen LogP contribution is -2.30. The summed E-state index contributed by atoms with van der Waals surface area (Å²) in [7, 11) is 0. The molecule has 0 amide bonds. The SMILES string of the molecule is CCC(C)(O)COCCN.Cl. The van der Waals surface area contributed by atoms with E-state index in [-0.39, 0.29) is 12.4 Å². The Bertz CT molecular complexity index is 88.5. The Balaban J connectivity index is 0. The van der Waals surface area contributed by atoms with Crippen molar-refractivity contribution in [2.24, 2.45) is 5.73 Å². The first kappa shape index (κ1) is 13.7. The first-order valence-electron chi connectivity index (χ1n) is 3.62. The third kappa shape index (κ3) is 8.07. The van der Waals surface area contributed by atoms with Gasteiger partial charge in [0, 0.05) is 6.54 Å². The summed E-state index contributed by atoms with van der Waals surface area (Å²) in [5, 5.41) is 9.38. The normalized spacial score (nSPS) is 15.3. The molecular weight excluding hydrogens is 166 g/mol. The van der Waals surface area contributed by atoms with Gasteiger partial charge < -0.3 is 15.6 Å². The summed E-state index contributed by atoms with van der Waals surface area (Å²) in [6.07, 6.45) is 0.706. The maximum Gasteiger partial charge on any atom is 0.0849 e. The standard InChI is InChI=1S/C7H17NO2.ClH/c1-3-7(2,9)6-10-5-4-8;/h9H,3-6,8H2,1-2H3;1H. The summed E-state index contributed by atoms with van der Waals surface area (Å²) in [5.74, 6) is 0. The summed E-state index contributed by atoms with van der Waals surface area (Å²) in [6.45, 7) is 5.09. The first-order valence-corrected chi connectivity index (χ1v) is 3.62. The first-order chi connectivity index (χ1) is 4.62. The Morgan fingerprint density at radius 1 is 1.55 bits per heavy atom. The molecule has 0 aliphatic rings. The van der Waals surface area contributed by atoms with Gasteiger partial charge in [0.25, 0.3) is 0 Å². The van der Waals surface area contributed by atoms with E-state index >= 15 is 0 Å². The van der Waals surface area contributed by atoms with Crippen LogP contribution in [0.1, 0.15) is 20.3 Å². The van der Waals surface area contributed by atoms with Crippen molar-refractivity contribution < 1.29 is 9.84 Å². The molecule has 11 heavy (non-hydrogen) atoms. The monoisotopic (exact) mass is 183 g/mol. The van der Waals surface area contributed by atoms with Gasteiger partial charge in [-0.05, 0) is 13.3 Å². The molecule has 0 aromatic rings. The quantitative estimate of drug-likeness (QED) is 0.612. The fourth-order valence-electron chi connectivity index (χ4n) is 0.477. The average molecular weight is 184 g/mol. The third-order valence-electron chi connectivity index (χ3n) is 1.44. The maximum atomic E-state index is 9.38. The maximum absolute atomic E-state index is 9.38. The largest absolute Gasteiger partial charge is 0.388 e. The molecule has 0 aromatic carbocycles. The minimum Gasteiger partial charge on any atom is -0.388 e. The molecule has 0 aromatic heterocycles. The van der Waals surface area contributed by atoms with Crippen molar-refractivity contribution in [1.29, 1.82) is 0 Å². The van der Waals surface area contributed by atoms with Crippen LogP contribution in [-0.2, 0) is 4.74 Å². The molecule has 0 aliphatic heterocycles. The predicted molar refractivity (Wildman–Crippen MR) is 48.0 cm³/mol. The zero-order valence-electron chi connectivity index (χ0n) is 7.17. The van der Waals surface area contributed by atoms with Gasteiger partial charge in [0.05, 0.1) is 18.8 Å². The Morgan fingerprint density at radius 3 is 2.45 bits per heavy atom. The van der Waals surface area contributed by atoms with Gasteiger partial charge in [-0.2, -0.15) is 0 Å². The Morgan fingerprint density at radius 2 is 2.09 bits per heavy atom. The van der Waals surface area contributed by atoms with Crippen molar-refractivity contribution >= 4 is 12.4 Å². The molecular formula is C7H18ClNO2. The van der Waals surface area contributed by atoms with Crippen LogP contribution in [0.2, 0.25) is 0 Å². The van der Waals surface area contributed by atoms with E-state index in [4.69, 9.17) is 10.5 Å². The van der Waals surface area contributed by atoms with Crippen molar-refractivity contribution in [1.82, 2.24) is 0 Å². The second-order valence-electron chi connectivity index (χ2n) is 2.69. The van der Waals surface area contributed by atoms with Crippen LogP contribution in [0.15, 0.2) is 0 Å². The number of hydrogen-bond donors (Lipinski definition) is 2. The second-order valence-corrected chi connectivity index (χ2v) is 2.69. The molecule has 1 atom stereocenters. The molecule has 0 radical (unpaired) electrons. The Kier molecular flexibility index (Phi) is 8.56. The van der Waals surface area contributed by atoms with E-state index in [0.717, 1.165) is 0 Å². The van der Waals surface area contributed by atoms with Crippen LogP contribution < -0.4 is 5.73 Å². The van der Waals surface area contributed by atoms with Crippen LogP contribution >= 0.6 is 12.4 Å². The number of nitrogens with two attached hydrogens (primary N) is 1. The number of halogens is 1. The average Bonchev–Trinajstić information content (AvgIpc) is 1.89. The zero-order valence-corrected chi connectivity index (χ0v) is 7.99. The van der Waals surface area contributed by atoms with Gasteiger partial charge in [0.15, 0.2) is 0 Å². The van der Waals surface area contributed by atoms with Crippen molar-refractivity contribution in [3.8, 4) is 0 Å². The van der Waals surface area contributed by atoms with Crippen LogP contribution in [0.25, 0.3) is 0 Å². The number of rotatable bonds is 5. The van der Waals surface area contributed by atoms with Crippen LogP contribution in [-0.4, -0.2) is 30.5 Å². The molecule has 0 fully saturated rings. The summed E-state index contributed by atoms with van der Waals surface area (Å²) >= 11 is 0. The van der Waals surface area contributed by atoms with E-state index in [1.807, 2.05) is 6.92 Å². The van der Waals surface area contributed by atoms with E-state index in [1.54, 1.807) is 6.92 Å². The van der Waals surface area contributed by atoms with Gasteiger partial charge in [-0.3, -0.25) is 0 Å². The molecule has 4 heteroatoms. The van der Waals surface area contributed by atoms with Crippen molar-refractivity contribution in [3.63, 3.8) is 0 Å². The van der Waals surface area contributed by atoms with Crippen molar-refractivity contribution in [2.75, 3.05) is 19.8 Å². The highest BCUT2D eigenvalue weighted by atomic mass is 35.5. The molecule has 3 nitrogen and oxygen atoms in total. The summed E-state index contributed by atoms with van der Waals surface area (Å²) < 4.78 is 5.06. The molecule has 3 N–H and O–H groups in total. The zero-order chi connectivity index (χ0) is 8.04. The van der Waals surface area contributed by atoms with Gasteiger partial charge in [-0.25, -0.2) is 0 Å². The van der Waals surface area contributed by atoms with Gasteiger partial charge in [-0.15, -0.1) is 12.4 Å². The minimum atomic E-state index is -0.685. The number of aliphatic hydroxyl groups is 1. The van der Waals surface area contributed by atoms with Crippen molar-refractivity contribution in [3.05, 3.63) is 0 Å². The van der Waals surface area contributed by atoms with E-state index in [0.29, 0.717) is 26.2 Å². The summed E-state index contributed by atoms with van der Waals surface area (Å²) in [6, 6.07) is 0. The van der Waals surface area contributed by atoms with E-state index in [1.165, 1.54) is 0 Å². The summed E-state index contributed by atoms with van der Waals surface area (Å²) in [4.78, 5) is 0. The highest BCUT2D eigenvalue weighted by Crippen LogP contribution is 2.07. The molecule has 0 bridgehead atoms. The third-order valence-corrected chi connectivity index (χ3v) is 1.44. The lowest BCUT2D eigenvalue weighted by Gasteiger charge is -2.20. The minimum absolute atomic E-state index is 0. The fourth-order valence-corrected chi connectivity index (χ4v) is 0.477. The fraction of sp³-hybridized carbons (Fsp3) is 1.00. The lowest BCUT2D eigenvalue weighted by molar-refractivity contribution is -0.0336. The van der Waals surface area contributed by atoms with E-state index in [9.17, 15) is 5.11 Å². The van der Waals surface area contributed by atoms with Crippen LogP contribution in [0.4, 0.5) is 0 Å². The summed E-state index contributed by atoms with van der Waals surface area (Å²) in [5.41, 5.74) is 4.51. The smallest absolute Gasteiger partial charge is 0.0849 e. The van der Waals surface area contributed by atoms with Gasteiger partial charge in [0.1, 0.15) is 0 Å². The topological polar surface area (TPSA) is 55.5 Å². The van der Waals surface area contributed by atoms with E-state index in [2.05, 4.69) is 0 Å². The van der Waals surface area contributed by atoms with Crippen LogP contribution in [0, 0.1) is 0 Å². The molecule has 0 saturated carbocycles. The van der Waals surface area contributed by atoms with E-state index < -0.39 is 5.60 Å². The molecule has 70 valence electrons. The highest BCUT2D eigenvalue weighted by molar-refractivity contribution is 5.85. The molecule has 0 heterocycles. The highest BCUT2D eigenvalue weighted by Gasteiger charge is 2.16.